The molecule has 0 aliphatic carbocycles. The second kappa shape index (κ2) is 7.33. The number of aldehydes is 1. The number of carbonyl (C=O) groups excluding carboxylic acids is 1. The molecule has 0 heterocycles. The highest BCUT2D eigenvalue weighted by Crippen LogP contribution is 2.42. The fraction of sp³-hybridized carbons (Fsp3) is 0.150. The molecule has 0 radical (unpaired) electrons. The van der Waals surface area contributed by atoms with Crippen LogP contribution in [0.5, 0.6) is 17.2 Å². The van der Waals surface area contributed by atoms with Crippen LogP contribution in [0.2, 0.25) is 0 Å². The number of ether oxygens (including phenoxy) is 3. The summed E-state index contributed by atoms with van der Waals surface area (Å²) in [6.45, 7) is 0. The van der Waals surface area contributed by atoms with Crippen molar-refractivity contribution in [3.63, 3.8) is 0 Å². The standard InChI is InChI=1S/C20H17NO6/c1-25-13-5-7-14-12(8-13)4-6-15(17(14)11-22)16-9-19(26-2)20(27-3)10-18(16)21(23)24/h4-11H,1-3H3. The van der Waals surface area contributed by atoms with Crippen molar-refractivity contribution >= 4 is 22.7 Å². The second-order valence-corrected chi connectivity index (χ2v) is 5.71. The number of hydrogen-bond acceptors (Lipinski definition) is 6. The van der Waals surface area contributed by atoms with Gasteiger partial charge >= 0.3 is 0 Å². The van der Waals surface area contributed by atoms with E-state index in [1.807, 2.05) is 0 Å². The minimum absolute atomic E-state index is 0.177. The third kappa shape index (κ3) is 3.15. The average molecular weight is 367 g/mol. The molecule has 27 heavy (non-hydrogen) atoms. The molecule has 0 aromatic heterocycles. The number of hydrogen-bond donors (Lipinski definition) is 0. The fourth-order valence-electron chi connectivity index (χ4n) is 3.06. The third-order valence-corrected chi connectivity index (χ3v) is 4.38. The van der Waals surface area contributed by atoms with Gasteiger partial charge in [0.2, 0.25) is 0 Å². The summed E-state index contributed by atoms with van der Waals surface area (Å²) in [6.07, 6.45) is 0.699. The number of carbonyl (C=O) groups is 1. The van der Waals surface area contributed by atoms with E-state index in [-0.39, 0.29) is 17.0 Å². The maximum atomic E-state index is 11.9. The number of nitrogens with zero attached hydrogens (tertiary/aromatic N) is 1. The van der Waals surface area contributed by atoms with Crippen molar-refractivity contribution < 1.29 is 23.9 Å². The number of rotatable bonds is 6. The van der Waals surface area contributed by atoms with E-state index in [4.69, 9.17) is 14.2 Å². The van der Waals surface area contributed by atoms with Gasteiger partial charge in [-0.2, -0.15) is 0 Å². The van der Waals surface area contributed by atoms with E-state index in [9.17, 15) is 14.9 Å². The first-order chi connectivity index (χ1) is 13.0. The summed E-state index contributed by atoms with van der Waals surface area (Å²) in [5, 5.41) is 13.1. The molecule has 7 nitrogen and oxygen atoms in total. The SMILES string of the molecule is COc1ccc2c(C=O)c(-c3cc(OC)c(OC)cc3[N+](=O)[O-])ccc2c1. The number of nitro groups is 1. The van der Waals surface area contributed by atoms with Gasteiger partial charge in [0.1, 0.15) is 5.75 Å². The Morgan fingerprint density at radius 2 is 1.59 bits per heavy atom. The van der Waals surface area contributed by atoms with Crippen molar-refractivity contribution in [2.75, 3.05) is 21.3 Å². The smallest absolute Gasteiger partial charge is 0.281 e. The van der Waals surface area contributed by atoms with Gasteiger partial charge in [-0.05, 0) is 40.6 Å². The summed E-state index contributed by atoms with van der Waals surface area (Å²) >= 11 is 0. The van der Waals surface area contributed by atoms with Gasteiger partial charge in [0.05, 0.1) is 37.9 Å². The molecule has 7 heteroatoms. The number of nitro benzene ring substituents is 1. The van der Waals surface area contributed by atoms with E-state index in [1.165, 1.54) is 26.4 Å². The Balaban J connectivity index is 2.34. The molecular weight excluding hydrogens is 350 g/mol. The first-order valence-corrected chi connectivity index (χ1v) is 8.00. The highest BCUT2D eigenvalue weighted by atomic mass is 16.6. The second-order valence-electron chi connectivity index (χ2n) is 5.71. The Morgan fingerprint density at radius 1 is 0.889 bits per heavy atom. The molecule has 0 amide bonds. The van der Waals surface area contributed by atoms with Gasteiger partial charge in [0.15, 0.2) is 17.8 Å². The molecule has 0 spiro atoms. The number of benzene rings is 3. The van der Waals surface area contributed by atoms with Crippen LogP contribution in [-0.4, -0.2) is 32.5 Å². The van der Waals surface area contributed by atoms with E-state index < -0.39 is 4.92 Å². The number of fused-ring (bicyclic) bond motifs is 1. The molecular formula is C20H17NO6. The molecule has 3 aromatic rings. The summed E-state index contributed by atoms with van der Waals surface area (Å²) in [5.41, 5.74) is 0.891. The van der Waals surface area contributed by atoms with E-state index >= 15 is 0 Å². The Hall–Kier alpha value is -3.61. The third-order valence-electron chi connectivity index (χ3n) is 4.38. The van der Waals surface area contributed by atoms with Crippen molar-refractivity contribution in [2.45, 2.75) is 0 Å². The zero-order chi connectivity index (χ0) is 19.6. The maximum Gasteiger partial charge on any atom is 0.281 e. The molecule has 3 rings (SSSR count). The van der Waals surface area contributed by atoms with Crippen molar-refractivity contribution in [3.05, 3.63) is 58.1 Å². The lowest BCUT2D eigenvalue weighted by atomic mass is 9.93. The van der Waals surface area contributed by atoms with Crippen molar-refractivity contribution in [1.82, 2.24) is 0 Å². The molecule has 0 atom stereocenters. The monoisotopic (exact) mass is 367 g/mol. The molecule has 0 saturated carbocycles. The largest absolute Gasteiger partial charge is 0.497 e. The molecule has 0 N–H and O–H groups in total. The van der Waals surface area contributed by atoms with Crippen molar-refractivity contribution in [2.24, 2.45) is 0 Å². The zero-order valence-corrected chi connectivity index (χ0v) is 15.0. The van der Waals surface area contributed by atoms with E-state index in [2.05, 4.69) is 0 Å². The highest BCUT2D eigenvalue weighted by Gasteiger charge is 2.23. The van der Waals surface area contributed by atoms with Gasteiger partial charge in [-0.15, -0.1) is 0 Å². The van der Waals surface area contributed by atoms with E-state index in [0.29, 0.717) is 34.3 Å². The Labute approximate surface area is 155 Å². The molecule has 138 valence electrons. The lowest BCUT2D eigenvalue weighted by molar-refractivity contribution is -0.384. The topological polar surface area (TPSA) is 87.9 Å². The van der Waals surface area contributed by atoms with Crippen LogP contribution in [-0.2, 0) is 0 Å². The lowest BCUT2D eigenvalue weighted by Gasteiger charge is -2.13. The average Bonchev–Trinajstić information content (AvgIpc) is 2.71. The molecule has 3 aromatic carbocycles. The fourth-order valence-corrected chi connectivity index (χ4v) is 3.06. The van der Waals surface area contributed by atoms with Crippen LogP contribution in [0, 0.1) is 10.1 Å². The molecule has 0 saturated heterocycles. The van der Waals surface area contributed by atoms with Gasteiger partial charge in [-0.1, -0.05) is 12.1 Å². The minimum atomic E-state index is -0.510. The maximum absolute atomic E-state index is 11.9. The molecule has 0 fully saturated rings. The summed E-state index contributed by atoms with van der Waals surface area (Å²) in [7, 11) is 4.41. The summed E-state index contributed by atoms with van der Waals surface area (Å²) < 4.78 is 15.6. The Morgan fingerprint density at radius 3 is 2.19 bits per heavy atom. The predicted octanol–water partition coefficient (Wildman–Crippen LogP) is 4.25. The Kier molecular flexibility index (Phi) is 4.94. The van der Waals surface area contributed by atoms with Crippen LogP contribution < -0.4 is 14.2 Å². The predicted molar refractivity (Wildman–Crippen MR) is 101 cm³/mol. The molecule has 0 aliphatic rings. The van der Waals surface area contributed by atoms with Gasteiger partial charge < -0.3 is 14.2 Å². The van der Waals surface area contributed by atoms with E-state index in [0.717, 1.165) is 5.39 Å². The van der Waals surface area contributed by atoms with Gasteiger partial charge in [0.25, 0.3) is 5.69 Å². The van der Waals surface area contributed by atoms with Crippen LogP contribution in [0.15, 0.2) is 42.5 Å². The summed E-state index contributed by atoms with van der Waals surface area (Å²) in [6, 6.07) is 11.6. The van der Waals surface area contributed by atoms with Crippen LogP contribution in [0.25, 0.3) is 21.9 Å². The van der Waals surface area contributed by atoms with Gasteiger partial charge in [-0.3, -0.25) is 14.9 Å². The van der Waals surface area contributed by atoms with Crippen LogP contribution in [0.4, 0.5) is 5.69 Å². The molecule has 0 bridgehead atoms. The quantitative estimate of drug-likeness (QED) is 0.368. The van der Waals surface area contributed by atoms with Crippen LogP contribution in [0.3, 0.4) is 0 Å². The lowest BCUT2D eigenvalue weighted by Crippen LogP contribution is -1.99. The summed E-state index contributed by atoms with van der Waals surface area (Å²) in [4.78, 5) is 23.0. The van der Waals surface area contributed by atoms with Crippen molar-refractivity contribution in [3.8, 4) is 28.4 Å². The highest BCUT2D eigenvalue weighted by molar-refractivity contribution is 6.06. The van der Waals surface area contributed by atoms with Crippen molar-refractivity contribution in [1.29, 1.82) is 0 Å². The van der Waals surface area contributed by atoms with Gasteiger partial charge in [0, 0.05) is 5.56 Å². The normalized spacial score (nSPS) is 10.5. The molecule has 0 unspecified atom stereocenters. The first kappa shape index (κ1) is 18.2. The minimum Gasteiger partial charge on any atom is -0.497 e. The Bertz CT molecular complexity index is 1040. The molecule has 0 aliphatic heterocycles. The van der Waals surface area contributed by atoms with Crippen LogP contribution in [0.1, 0.15) is 10.4 Å². The van der Waals surface area contributed by atoms with Crippen LogP contribution >= 0.6 is 0 Å². The number of methoxy groups -OCH3 is 3. The first-order valence-electron chi connectivity index (χ1n) is 8.00. The van der Waals surface area contributed by atoms with E-state index in [1.54, 1.807) is 37.4 Å². The van der Waals surface area contributed by atoms with Gasteiger partial charge in [-0.25, -0.2) is 0 Å². The zero-order valence-electron chi connectivity index (χ0n) is 15.0. The summed E-state index contributed by atoms with van der Waals surface area (Å²) in [5.74, 6) is 1.24.